The second kappa shape index (κ2) is 5.26. The molecule has 110 valence electrons. The molecular formula is C15H10Cl2N4O. The van der Waals surface area contributed by atoms with Crippen LogP contribution in [0.2, 0.25) is 10.0 Å². The number of H-pyrrole nitrogens is 1. The number of nitrogens with zero attached hydrogens (tertiary/aromatic N) is 3. The van der Waals surface area contributed by atoms with Crippen molar-refractivity contribution >= 4 is 23.2 Å². The van der Waals surface area contributed by atoms with E-state index in [0.29, 0.717) is 15.9 Å². The molecule has 0 radical (unpaired) electrons. The van der Waals surface area contributed by atoms with Gasteiger partial charge < -0.3 is 4.74 Å². The van der Waals surface area contributed by atoms with E-state index in [4.69, 9.17) is 27.9 Å². The summed E-state index contributed by atoms with van der Waals surface area (Å²) in [7, 11) is 0. The van der Waals surface area contributed by atoms with E-state index in [-0.39, 0.29) is 6.10 Å². The third kappa shape index (κ3) is 2.32. The molecule has 1 aliphatic heterocycles. The number of aromatic nitrogens is 4. The highest BCUT2D eigenvalue weighted by Gasteiger charge is 2.26. The van der Waals surface area contributed by atoms with Gasteiger partial charge in [0.2, 0.25) is 5.82 Å². The van der Waals surface area contributed by atoms with Crippen LogP contribution in [0.5, 0.6) is 5.75 Å². The van der Waals surface area contributed by atoms with E-state index >= 15 is 0 Å². The molecule has 1 aliphatic rings. The maximum absolute atomic E-state index is 6.06. The SMILES string of the molecule is Clc1cc2c(cc1Cl)O[C@H](c1cccc(-c3nn[nH]n3)c1)C2. The van der Waals surface area contributed by atoms with Gasteiger partial charge in [0.15, 0.2) is 0 Å². The Morgan fingerprint density at radius 3 is 2.82 bits per heavy atom. The summed E-state index contributed by atoms with van der Waals surface area (Å²) in [5.74, 6) is 1.34. The largest absolute Gasteiger partial charge is 0.485 e. The molecule has 2 aromatic carbocycles. The lowest BCUT2D eigenvalue weighted by Crippen LogP contribution is -2.03. The number of fused-ring (bicyclic) bond motifs is 1. The van der Waals surface area contributed by atoms with E-state index in [1.165, 1.54) is 0 Å². The highest BCUT2D eigenvalue weighted by Crippen LogP contribution is 2.41. The molecule has 0 aliphatic carbocycles. The molecule has 0 bridgehead atoms. The number of nitrogens with one attached hydrogen (secondary N) is 1. The third-order valence-electron chi connectivity index (χ3n) is 3.64. The molecule has 0 saturated heterocycles. The summed E-state index contributed by atoms with van der Waals surface area (Å²) in [5.41, 5.74) is 3.00. The van der Waals surface area contributed by atoms with Crippen LogP contribution in [0.25, 0.3) is 11.4 Å². The van der Waals surface area contributed by atoms with Crippen LogP contribution in [0.1, 0.15) is 17.2 Å². The van der Waals surface area contributed by atoms with Gasteiger partial charge >= 0.3 is 0 Å². The van der Waals surface area contributed by atoms with Crippen LogP contribution >= 0.6 is 23.2 Å². The average molecular weight is 333 g/mol. The van der Waals surface area contributed by atoms with E-state index in [1.54, 1.807) is 6.07 Å². The number of rotatable bonds is 2. The molecule has 0 saturated carbocycles. The Morgan fingerprint density at radius 1 is 1.14 bits per heavy atom. The molecule has 1 atom stereocenters. The lowest BCUT2D eigenvalue weighted by molar-refractivity contribution is 0.239. The summed E-state index contributed by atoms with van der Waals surface area (Å²) in [6, 6.07) is 11.5. The van der Waals surface area contributed by atoms with Gasteiger partial charge in [0, 0.05) is 18.1 Å². The van der Waals surface area contributed by atoms with Crippen LogP contribution < -0.4 is 4.74 Å². The van der Waals surface area contributed by atoms with E-state index in [0.717, 1.165) is 28.9 Å². The molecule has 5 nitrogen and oxygen atoms in total. The van der Waals surface area contributed by atoms with Gasteiger partial charge in [-0.1, -0.05) is 41.4 Å². The number of ether oxygens (including phenoxy) is 1. The normalized spacial score (nSPS) is 16.4. The zero-order chi connectivity index (χ0) is 15.1. The number of benzene rings is 2. The summed E-state index contributed by atoms with van der Waals surface area (Å²) in [6.45, 7) is 0. The summed E-state index contributed by atoms with van der Waals surface area (Å²) >= 11 is 12.1. The van der Waals surface area contributed by atoms with Gasteiger partial charge in [0.25, 0.3) is 0 Å². The molecule has 3 aromatic rings. The minimum absolute atomic E-state index is 0.0728. The Morgan fingerprint density at radius 2 is 2.00 bits per heavy atom. The molecule has 1 aromatic heterocycles. The number of hydrogen-bond donors (Lipinski definition) is 1. The fraction of sp³-hybridized carbons (Fsp3) is 0.133. The molecule has 4 rings (SSSR count). The standard InChI is InChI=1S/C15H10Cl2N4O/c16-11-5-10-6-13(22-14(10)7-12(11)17)8-2-1-3-9(4-8)15-18-20-21-19-15/h1-5,7,13H,6H2,(H,18,19,20,21)/t13-/m0/s1. The van der Waals surface area contributed by atoms with Gasteiger partial charge in [-0.25, -0.2) is 0 Å². The first-order valence-corrected chi connectivity index (χ1v) is 7.44. The lowest BCUT2D eigenvalue weighted by atomic mass is 10.0. The average Bonchev–Trinajstić information content (AvgIpc) is 3.17. The van der Waals surface area contributed by atoms with Crippen LogP contribution in [0, 0.1) is 0 Å². The molecule has 0 unspecified atom stereocenters. The van der Waals surface area contributed by atoms with E-state index < -0.39 is 0 Å². The van der Waals surface area contributed by atoms with Crippen LogP contribution in [0.15, 0.2) is 36.4 Å². The highest BCUT2D eigenvalue weighted by molar-refractivity contribution is 6.42. The zero-order valence-corrected chi connectivity index (χ0v) is 12.8. The van der Waals surface area contributed by atoms with Gasteiger partial charge in [-0.3, -0.25) is 0 Å². The van der Waals surface area contributed by atoms with E-state index in [1.807, 2.05) is 30.3 Å². The maximum Gasteiger partial charge on any atom is 0.204 e. The summed E-state index contributed by atoms with van der Waals surface area (Å²) in [6.07, 6.45) is 0.679. The summed E-state index contributed by atoms with van der Waals surface area (Å²) < 4.78 is 5.99. The Balaban J connectivity index is 1.66. The first kappa shape index (κ1) is 13.5. The van der Waals surface area contributed by atoms with E-state index in [9.17, 15) is 0 Å². The van der Waals surface area contributed by atoms with Crippen molar-refractivity contribution < 1.29 is 4.74 Å². The van der Waals surface area contributed by atoms with Crippen molar-refractivity contribution in [1.29, 1.82) is 0 Å². The third-order valence-corrected chi connectivity index (χ3v) is 4.36. The summed E-state index contributed by atoms with van der Waals surface area (Å²) in [5, 5.41) is 15.1. The van der Waals surface area contributed by atoms with Crippen molar-refractivity contribution in [1.82, 2.24) is 20.6 Å². The predicted octanol–water partition coefficient (Wildman–Crippen LogP) is 3.85. The second-order valence-electron chi connectivity index (χ2n) is 5.05. The van der Waals surface area contributed by atoms with Crippen LogP contribution in [-0.2, 0) is 6.42 Å². The quantitative estimate of drug-likeness (QED) is 0.774. The molecule has 7 heteroatoms. The van der Waals surface area contributed by atoms with Crippen molar-refractivity contribution in [2.24, 2.45) is 0 Å². The zero-order valence-electron chi connectivity index (χ0n) is 11.3. The molecule has 0 fully saturated rings. The van der Waals surface area contributed by atoms with Gasteiger partial charge in [-0.05, 0) is 28.5 Å². The number of tetrazole rings is 1. The van der Waals surface area contributed by atoms with Crippen molar-refractivity contribution in [2.75, 3.05) is 0 Å². The number of aromatic amines is 1. The fourth-order valence-electron chi connectivity index (χ4n) is 2.58. The van der Waals surface area contributed by atoms with E-state index in [2.05, 4.69) is 20.6 Å². The number of hydrogen-bond acceptors (Lipinski definition) is 4. The first-order valence-electron chi connectivity index (χ1n) is 6.69. The van der Waals surface area contributed by atoms with Crippen molar-refractivity contribution in [3.63, 3.8) is 0 Å². The second-order valence-corrected chi connectivity index (χ2v) is 5.86. The summed E-state index contributed by atoms with van der Waals surface area (Å²) in [4.78, 5) is 0. The Hall–Kier alpha value is -2.11. The Labute approximate surface area is 136 Å². The molecule has 0 spiro atoms. The molecule has 1 N–H and O–H groups in total. The smallest absolute Gasteiger partial charge is 0.204 e. The van der Waals surface area contributed by atoms with Crippen LogP contribution in [0.4, 0.5) is 0 Å². The lowest BCUT2D eigenvalue weighted by Gasteiger charge is -2.11. The predicted molar refractivity (Wildman–Crippen MR) is 83.1 cm³/mol. The fourth-order valence-corrected chi connectivity index (χ4v) is 2.92. The molecular weight excluding hydrogens is 323 g/mol. The van der Waals surface area contributed by atoms with Gasteiger partial charge in [-0.2, -0.15) is 5.21 Å². The van der Waals surface area contributed by atoms with Crippen molar-refractivity contribution in [3.8, 4) is 17.1 Å². The van der Waals surface area contributed by atoms with Gasteiger partial charge in [0.05, 0.1) is 10.0 Å². The van der Waals surface area contributed by atoms with Crippen LogP contribution in [0.3, 0.4) is 0 Å². The van der Waals surface area contributed by atoms with Gasteiger partial charge in [-0.15, -0.1) is 10.2 Å². The van der Waals surface area contributed by atoms with Gasteiger partial charge in [0.1, 0.15) is 11.9 Å². The maximum atomic E-state index is 6.06. The minimum atomic E-state index is -0.0728. The monoisotopic (exact) mass is 332 g/mol. The Kier molecular flexibility index (Phi) is 3.24. The highest BCUT2D eigenvalue weighted by atomic mass is 35.5. The van der Waals surface area contributed by atoms with Crippen molar-refractivity contribution in [3.05, 3.63) is 57.6 Å². The van der Waals surface area contributed by atoms with Crippen LogP contribution in [-0.4, -0.2) is 20.6 Å². The molecule has 22 heavy (non-hydrogen) atoms. The number of halogens is 2. The minimum Gasteiger partial charge on any atom is -0.485 e. The molecule has 0 amide bonds. The van der Waals surface area contributed by atoms with Crippen molar-refractivity contribution in [2.45, 2.75) is 12.5 Å². The Bertz CT molecular complexity index is 805. The molecule has 2 heterocycles. The first-order chi connectivity index (χ1) is 10.7. The topological polar surface area (TPSA) is 63.7 Å².